The second-order valence-electron chi connectivity index (χ2n) is 5.11. The molecule has 2 unspecified atom stereocenters. The van der Waals surface area contributed by atoms with Crippen molar-refractivity contribution >= 4 is 31.9 Å². The van der Waals surface area contributed by atoms with Crippen LogP contribution in [-0.2, 0) is 10.0 Å². The standard InChI is InChI=1S/C13H17BrN2O3S/c1-3-8-4-12(8)16-13(17)10-5-9(20(15,18)19)6-11(14)7(10)2/h5-6,8,12H,3-4H2,1-2H3,(H,16,17)(H2,15,18,19). The van der Waals surface area contributed by atoms with Crippen LogP contribution in [0.1, 0.15) is 35.7 Å². The van der Waals surface area contributed by atoms with E-state index in [0.717, 1.165) is 12.8 Å². The van der Waals surface area contributed by atoms with Crippen LogP contribution in [0.25, 0.3) is 0 Å². The van der Waals surface area contributed by atoms with Crippen LogP contribution in [0.2, 0.25) is 0 Å². The Balaban J connectivity index is 2.31. The Morgan fingerprint density at radius 2 is 2.15 bits per heavy atom. The van der Waals surface area contributed by atoms with Gasteiger partial charge in [0, 0.05) is 16.1 Å². The van der Waals surface area contributed by atoms with Crippen LogP contribution in [0, 0.1) is 12.8 Å². The van der Waals surface area contributed by atoms with Crippen molar-refractivity contribution in [3.8, 4) is 0 Å². The zero-order valence-electron chi connectivity index (χ0n) is 11.3. The van der Waals surface area contributed by atoms with E-state index in [4.69, 9.17) is 5.14 Å². The van der Waals surface area contributed by atoms with Crippen molar-refractivity contribution in [3.63, 3.8) is 0 Å². The summed E-state index contributed by atoms with van der Waals surface area (Å²) in [4.78, 5) is 12.2. The van der Waals surface area contributed by atoms with Crippen molar-refractivity contribution in [2.24, 2.45) is 11.1 Å². The number of sulfonamides is 1. The van der Waals surface area contributed by atoms with Crippen molar-refractivity contribution in [2.45, 2.75) is 37.6 Å². The molecule has 1 saturated carbocycles. The Bertz CT molecular complexity index is 658. The quantitative estimate of drug-likeness (QED) is 0.859. The van der Waals surface area contributed by atoms with E-state index in [-0.39, 0.29) is 16.8 Å². The van der Waals surface area contributed by atoms with Crippen molar-refractivity contribution < 1.29 is 13.2 Å². The number of halogens is 1. The third kappa shape index (κ3) is 3.21. The molecule has 2 atom stereocenters. The van der Waals surface area contributed by atoms with E-state index in [1.54, 1.807) is 6.92 Å². The fourth-order valence-electron chi connectivity index (χ4n) is 2.18. The summed E-state index contributed by atoms with van der Waals surface area (Å²) in [6.45, 7) is 3.84. The van der Waals surface area contributed by atoms with Gasteiger partial charge in [0.15, 0.2) is 0 Å². The van der Waals surface area contributed by atoms with E-state index in [1.165, 1.54) is 12.1 Å². The van der Waals surface area contributed by atoms with Gasteiger partial charge in [0.1, 0.15) is 0 Å². The lowest BCUT2D eigenvalue weighted by Gasteiger charge is -2.11. The molecule has 7 heteroatoms. The number of carbonyl (C=O) groups excluding carboxylic acids is 1. The average Bonchev–Trinajstić information content (AvgIpc) is 3.09. The van der Waals surface area contributed by atoms with Crippen LogP contribution in [0.15, 0.2) is 21.5 Å². The second-order valence-corrected chi connectivity index (χ2v) is 7.52. The molecule has 110 valence electrons. The molecule has 0 saturated heterocycles. The molecular formula is C13H17BrN2O3S. The van der Waals surface area contributed by atoms with Gasteiger partial charge in [0.25, 0.3) is 5.91 Å². The average molecular weight is 361 g/mol. The largest absolute Gasteiger partial charge is 0.349 e. The Labute approximate surface area is 127 Å². The monoisotopic (exact) mass is 360 g/mol. The predicted molar refractivity (Wildman–Crippen MR) is 79.9 cm³/mol. The fraction of sp³-hybridized carbons (Fsp3) is 0.462. The maximum absolute atomic E-state index is 12.2. The molecule has 0 heterocycles. The number of carbonyl (C=O) groups is 1. The third-order valence-corrected chi connectivity index (χ3v) is 5.37. The van der Waals surface area contributed by atoms with E-state index < -0.39 is 10.0 Å². The summed E-state index contributed by atoms with van der Waals surface area (Å²) in [5.41, 5.74) is 1.04. The number of hydrogen-bond acceptors (Lipinski definition) is 3. The predicted octanol–water partition coefficient (Wildman–Crippen LogP) is 1.93. The summed E-state index contributed by atoms with van der Waals surface area (Å²) in [6.07, 6.45) is 2.02. The summed E-state index contributed by atoms with van der Waals surface area (Å²) < 4.78 is 23.4. The van der Waals surface area contributed by atoms with Crippen molar-refractivity contribution in [1.82, 2.24) is 5.32 Å². The van der Waals surface area contributed by atoms with Gasteiger partial charge in [-0.05, 0) is 37.0 Å². The SMILES string of the molecule is CCC1CC1NC(=O)c1cc(S(N)(=O)=O)cc(Br)c1C. The fourth-order valence-corrected chi connectivity index (χ4v) is 3.35. The first-order valence-corrected chi connectivity index (χ1v) is 8.71. The number of nitrogens with two attached hydrogens (primary N) is 1. The van der Waals surface area contributed by atoms with E-state index >= 15 is 0 Å². The number of nitrogens with one attached hydrogen (secondary N) is 1. The van der Waals surface area contributed by atoms with Gasteiger partial charge in [-0.3, -0.25) is 4.79 Å². The Morgan fingerprint density at radius 1 is 1.50 bits per heavy atom. The Kier molecular flexibility index (Phi) is 4.22. The molecule has 1 fully saturated rings. The van der Waals surface area contributed by atoms with Crippen molar-refractivity contribution in [2.75, 3.05) is 0 Å². The highest BCUT2D eigenvalue weighted by molar-refractivity contribution is 9.10. The first-order valence-electron chi connectivity index (χ1n) is 6.37. The first-order chi connectivity index (χ1) is 9.24. The lowest BCUT2D eigenvalue weighted by atomic mass is 10.1. The molecule has 1 amide bonds. The molecule has 0 radical (unpaired) electrons. The molecular weight excluding hydrogens is 344 g/mol. The number of rotatable bonds is 4. The van der Waals surface area contributed by atoms with Crippen molar-refractivity contribution in [1.29, 1.82) is 0 Å². The molecule has 0 aromatic heterocycles. The third-order valence-electron chi connectivity index (χ3n) is 3.65. The van der Waals surface area contributed by atoms with Gasteiger partial charge < -0.3 is 5.32 Å². The van der Waals surface area contributed by atoms with Crippen LogP contribution in [-0.4, -0.2) is 20.4 Å². The normalized spacial score (nSPS) is 21.6. The first kappa shape index (κ1) is 15.5. The van der Waals surface area contributed by atoms with Gasteiger partial charge in [0.05, 0.1) is 4.90 Å². The number of hydrogen-bond donors (Lipinski definition) is 2. The maximum Gasteiger partial charge on any atom is 0.251 e. The molecule has 0 aliphatic heterocycles. The summed E-state index contributed by atoms with van der Waals surface area (Å²) in [7, 11) is -3.84. The van der Waals surface area contributed by atoms with Gasteiger partial charge >= 0.3 is 0 Å². The van der Waals surface area contributed by atoms with Crippen LogP contribution < -0.4 is 10.5 Å². The van der Waals surface area contributed by atoms with Gasteiger partial charge in [0.2, 0.25) is 10.0 Å². The second kappa shape index (κ2) is 5.46. The smallest absolute Gasteiger partial charge is 0.251 e. The summed E-state index contributed by atoms with van der Waals surface area (Å²) in [5.74, 6) is 0.277. The van der Waals surface area contributed by atoms with Crippen LogP contribution in [0.5, 0.6) is 0 Å². The van der Waals surface area contributed by atoms with Gasteiger partial charge in [-0.1, -0.05) is 29.3 Å². The Morgan fingerprint density at radius 3 is 2.65 bits per heavy atom. The van der Waals surface area contributed by atoms with E-state index in [0.29, 0.717) is 21.5 Å². The number of primary sulfonamides is 1. The van der Waals surface area contributed by atoms with Crippen molar-refractivity contribution in [3.05, 3.63) is 27.7 Å². The molecule has 1 aliphatic carbocycles. The number of amides is 1. The summed E-state index contributed by atoms with van der Waals surface area (Å²) >= 11 is 3.27. The zero-order chi connectivity index (χ0) is 15.1. The molecule has 5 nitrogen and oxygen atoms in total. The van der Waals surface area contributed by atoms with E-state index in [1.807, 2.05) is 0 Å². The van der Waals surface area contributed by atoms with Gasteiger partial charge in [-0.2, -0.15) is 0 Å². The molecule has 0 bridgehead atoms. The molecule has 0 spiro atoms. The minimum atomic E-state index is -3.84. The Hall–Kier alpha value is -0.920. The highest BCUT2D eigenvalue weighted by Crippen LogP contribution is 2.33. The molecule has 1 aromatic carbocycles. The summed E-state index contributed by atoms with van der Waals surface area (Å²) in [5, 5.41) is 8.04. The lowest BCUT2D eigenvalue weighted by Crippen LogP contribution is -2.28. The molecule has 20 heavy (non-hydrogen) atoms. The zero-order valence-corrected chi connectivity index (χ0v) is 13.7. The van der Waals surface area contributed by atoms with E-state index in [2.05, 4.69) is 28.2 Å². The number of benzene rings is 1. The van der Waals surface area contributed by atoms with Gasteiger partial charge in [-0.15, -0.1) is 0 Å². The minimum Gasteiger partial charge on any atom is -0.349 e. The van der Waals surface area contributed by atoms with Crippen LogP contribution >= 0.6 is 15.9 Å². The lowest BCUT2D eigenvalue weighted by molar-refractivity contribution is 0.0948. The topological polar surface area (TPSA) is 89.3 Å². The maximum atomic E-state index is 12.2. The minimum absolute atomic E-state index is 0.0667. The van der Waals surface area contributed by atoms with Crippen LogP contribution in [0.4, 0.5) is 0 Å². The molecule has 2 rings (SSSR count). The molecule has 3 N–H and O–H groups in total. The van der Waals surface area contributed by atoms with E-state index in [9.17, 15) is 13.2 Å². The molecule has 1 aromatic rings. The van der Waals surface area contributed by atoms with Gasteiger partial charge in [-0.25, -0.2) is 13.6 Å². The summed E-state index contributed by atoms with van der Waals surface area (Å²) in [6, 6.07) is 2.94. The van der Waals surface area contributed by atoms with Crippen LogP contribution in [0.3, 0.4) is 0 Å². The molecule has 1 aliphatic rings. The highest BCUT2D eigenvalue weighted by Gasteiger charge is 2.36. The highest BCUT2D eigenvalue weighted by atomic mass is 79.9.